The number of aromatic hydroxyl groups is 1. The third-order valence-corrected chi connectivity index (χ3v) is 5.86. The summed E-state index contributed by atoms with van der Waals surface area (Å²) in [5, 5.41) is 9.65. The molecule has 0 bridgehead atoms. The molecule has 2 aromatic carbocycles. The minimum atomic E-state index is -0.651. The molecule has 0 fully saturated rings. The summed E-state index contributed by atoms with van der Waals surface area (Å²) in [6, 6.07) is 12.6. The Hall–Kier alpha value is -3.39. The van der Waals surface area contributed by atoms with Crippen molar-refractivity contribution < 1.29 is 38.4 Å². The smallest absolute Gasteiger partial charge is 0.342 e. The lowest BCUT2D eigenvalue weighted by Crippen LogP contribution is -2.16. The maximum atomic E-state index is 12.5. The summed E-state index contributed by atoms with van der Waals surface area (Å²) in [6.45, 7) is 2.37. The lowest BCUT2D eigenvalue weighted by molar-refractivity contribution is -0.134. The van der Waals surface area contributed by atoms with Crippen molar-refractivity contribution in [2.24, 2.45) is 0 Å². The molecular formula is C30H40O8. The van der Waals surface area contributed by atoms with Crippen molar-refractivity contribution in [1.29, 1.82) is 0 Å². The molecule has 0 amide bonds. The van der Waals surface area contributed by atoms with Crippen LogP contribution in [-0.2, 0) is 19.0 Å². The van der Waals surface area contributed by atoms with Gasteiger partial charge in [-0.1, -0.05) is 82.6 Å². The van der Waals surface area contributed by atoms with Gasteiger partial charge in [0, 0.05) is 6.42 Å². The van der Waals surface area contributed by atoms with Gasteiger partial charge in [0.2, 0.25) is 0 Å². The predicted octanol–water partition coefficient (Wildman–Crippen LogP) is 6.25. The quantitative estimate of drug-likeness (QED) is 0.129. The number of ether oxygens (including phenoxy) is 4. The fourth-order valence-electron chi connectivity index (χ4n) is 3.77. The molecule has 0 aromatic heterocycles. The Labute approximate surface area is 225 Å². The Morgan fingerprint density at radius 3 is 1.82 bits per heavy atom. The molecule has 208 valence electrons. The Morgan fingerprint density at radius 2 is 1.18 bits per heavy atom. The van der Waals surface area contributed by atoms with Crippen LogP contribution < -0.4 is 4.74 Å². The van der Waals surface area contributed by atoms with Crippen molar-refractivity contribution in [2.45, 2.75) is 71.1 Å². The van der Waals surface area contributed by atoms with Crippen LogP contribution in [0.15, 0.2) is 48.5 Å². The summed E-state index contributed by atoms with van der Waals surface area (Å²) < 4.78 is 21.0. The van der Waals surface area contributed by atoms with Gasteiger partial charge in [-0.15, -0.1) is 0 Å². The van der Waals surface area contributed by atoms with Crippen LogP contribution in [-0.4, -0.2) is 49.4 Å². The first kappa shape index (κ1) is 30.8. The molecule has 0 spiro atoms. The first-order valence-corrected chi connectivity index (χ1v) is 13.5. The second-order valence-corrected chi connectivity index (χ2v) is 8.95. The molecule has 0 unspecified atom stereocenters. The maximum Gasteiger partial charge on any atom is 0.342 e. The number of carbonyl (C=O) groups is 3. The number of rotatable bonds is 19. The third-order valence-electron chi connectivity index (χ3n) is 5.86. The van der Waals surface area contributed by atoms with E-state index in [1.165, 1.54) is 50.7 Å². The zero-order valence-electron chi connectivity index (χ0n) is 22.3. The molecule has 0 aliphatic heterocycles. The van der Waals surface area contributed by atoms with Crippen LogP contribution >= 0.6 is 0 Å². The van der Waals surface area contributed by atoms with Crippen molar-refractivity contribution in [2.75, 3.05) is 26.4 Å². The summed E-state index contributed by atoms with van der Waals surface area (Å²) in [4.78, 5) is 36.7. The van der Waals surface area contributed by atoms with Crippen LogP contribution in [0.2, 0.25) is 0 Å². The van der Waals surface area contributed by atoms with E-state index in [2.05, 4.69) is 6.92 Å². The molecule has 2 rings (SSSR count). The molecule has 0 heterocycles. The van der Waals surface area contributed by atoms with Gasteiger partial charge in [0.25, 0.3) is 0 Å². The minimum absolute atomic E-state index is 0.0150. The van der Waals surface area contributed by atoms with Crippen LogP contribution in [0.3, 0.4) is 0 Å². The van der Waals surface area contributed by atoms with Gasteiger partial charge in [0.05, 0.1) is 13.2 Å². The molecule has 1 N–H and O–H groups in total. The van der Waals surface area contributed by atoms with Crippen molar-refractivity contribution in [1.82, 2.24) is 0 Å². The number of unbranched alkanes of at least 4 members (excludes halogenated alkanes) is 8. The largest absolute Gasteiger partial charge is 0.507 e. The van der Waals surface area contributed by atoms with Gasteiger partial charge in [0.15, 0.2) is 0 Å². The zero-order chi connectivity index (χ0) is 27.4. The summed E-state index contributed by atoms with van der Waals surface area (Å²) in [7, 11) is 0. The topological polar surface area (TPSA) is 108 Å². The van der Waals surface area contributed by atoms with E-state index in [4.69, 9.17) is 18.9 Å². The fraction of sp³-hybridized carbons (Fsp3) is 0.500. The Bertz CT molecular complexity index is 988. The number of benzene rings is 2. The molecule has 0 radical (unpaired) electrons. The fourth-order valence-corrected chi connectivity index (χ4v) is 3.77. The standard InChI is InChI=1S/C30H40O8/c1-2-3-4-5-6-7-8-9-10-19-28(32)38-27-18-14-12-16-25(27)30(34)37-23-21-35-20-22-36-29(33)24-15-11-13-17-26(24)31/h11-18,31H,2-10,19-23H2,1H3. The second kappa shape index (κ2) is 18.8. The highest BCUT2D eigenvalue weighted by molar-refractivity contribution is 5.93. The molecule has 0 aliphatic rings. The first-order valence-electron chi connectivity index (χ1n) is 13.5. The van der Waals surface area contributed by atoms with Gasteiger partial charge in [-0.3, -0.25) is 4.79 Å². The number of phenols is 1. The SMILES string of the molecule is CCCCCCCCCCCC(=O)Oc1ccccc1C(=O)OCCOCCOC(=O)c1ccccc1O. The van der Waals surface area contributed by atoms with Crippen LogP contribution in [0.25, 0.3) is 0 Å². The van der Waals surface area contributed by atoms with Crippen LogP contribution in [0.5, 0.6) is 11.5 Å². The number of hydrogen-bond acceptors (Lipinski definition) is 8. The highest BCUT2D eigenvalue weighted by Gasteiger charge is 2.16. The van der Waals surface area contributed by atoms with Crippen LogP contribution in [0, 0.1) is 0 Å². The van der Waals surface area contributed by atoms with Gasteiger partial charge in [0.1, 0.15) is 35.8 Å². The van der Waals surface area contributed by atoms with Crippen molar-refractivity contribution in [3.8, 4) is 11.5 Å². The monoisotopic (exact) mass is 528 g/mol. The molecule has 8 heteroatoms. The summed E-state index contributed by atoms with van der Waals surface area (Å²) in [5.41, 5.74) is 0.249. The lowest BCUT2D eigenvalue weighted by Gasteiger charge is -2.11. The highest BCUT2D eigenvalue weighted by atomic mass is 16.6. The zero-order valence-corrected chi connectivity index (χ0v) is 22.3. The van der Waals surface area contributed by atoms with Gasteiger partial charge in [-0.25, -0.2) is 9.59 Å². The van der Waals surface area contributed by atoms with Gasteiger partial charge >= 0.3 is 17.9 Å². The molecule has 0 atom stereocenters. The Morgan fingerprint density at radius 1 is 0.658 bits per heavy atom. The van der Waals surface area contributed by atoms with E-state index in [0.717, 1.165) is 19.3 Å². The van der Waals surface area contributed by atoms with E-state index in [-0.39, 0.29) is 55.0 Å². The Balaban J connectivity index is 1.60. The average Bonchev–Trinajstić information content (AvgIpc) is 2.92. The number of esters is 3. The third kappa shape index (κ3) is 12.2. The molecule has 2 aromatic rings. The first-order chi connectivity index (χ1) is 18.5. The van der Waals surface area contributed by atoms with Gasteiger partial charge in [-0.05, 0) is 30.7 Å². The number of hydrogen-bond donors (Lipinski definition) is 1. The normalized spacial score (nSPS) is 10.7. The predicted molar refractivity (Wildman–Crippen MR) is 143 cm³/mol. The van der Waals surface area contributed by atoms with Crippen molar-refractivity contribution in [3.05, 3.63) is 59.7 Å². The summed E-state index contributed by atoms with van der Waals surface area (Å²) in [6.07, 6.45) is 10.8. The molecule has 0 saturated heterocycles. The van der Waals surface area contributed by atoms with Gasteiger partial charge < -0.3 is 24.1 Å². The second-order valence-electron chi connectivity index (χ2n) is 8.95. The molecule has 0 saturated carbocycles. The van der Waals surface area contributed by atoms with E-state index < -0.39 is 11.9 Å². The maximum absolute atomic E-state index is 12.5. The Kier molecular flexibility index (Phi) is 15.2. The average molecular weight is 529 g/mol. The van der Waals surface area contributed by atoms with Crippen LogP contribution in [0.1, 0.15) is 91.8 Å². The molecule has 38 heavy (non-hydrogen) atoms. The highest BCUT2D eigenvalue weighted by Crippen LogP contribution is 2.20. The van der Waals surface area contributed by atoms with E-state index in [9.17, 15) is 19.5 Å². The summed E-state index contributed by atoms with van der Waals surface area (Å²) >= 11 is 0. The van der Waals surface area contributed by atoms with E-state index in [1.807, 2.05) is 0 Å². The molecular weight excluding hydrogens is 488 g/mol. The minimum Gasteiger partial charge on any atom is -0.507 e. The molecule has 8 nitrogen and oxygen atoms in total. The van der Waals surface area contributed by atoms with E-state index in [0.29, 0.717) is 6.42 Å². The summed E-state index contributed by atoms with van der Waals surface area (Å²) in [5.74, 6) is -1.61. The van der Waals surface area contributed by atoms with E-state index >= 15 is 0 Å². The van der Waals surface area contributed by atoms with Gasteiger partial charge in [-0.2, -0.15) is 0 Å². The lowest BCUT2D eigenvalue weighted by atomic mass is 10.1. The molecule has 0 aliphatic carbocycles. The number of phenolic OH excluding ortho intramolecular Hbond substituents is 1. The van der Waals surface area contributed by atoms with Crippen molar-refractivity contribution >= 4 is 17.9 Å². The number of para-hydroxylation sites is 2. The van der Waals surface area contributed by atoms with E-state index in [1.54, 1.807) is 36.4 Å². The van der Waals surface area contributed by atoms with Crippen molar-refractivity contribution in [3.63, 3.8) is 0 Å². The van der Waals surface area contributed by atoms with Crippen LogP contribution in [0.4, 0.5) is 0 Å². The number of carbonyl (C=O) groups excluding carboxylic acids is 3.